The van der Waals surface area contributed by atoms with Crippen molar-refractivity contribution < 1.29 is 20.1 Å². The van der Waals surface area contributed by atoms with E-state index in [2.05, 4.69) is 12.2 Å². The molecule has 3 N–H and O–H groups in total. The average Bonchev–Trinajstić information content (AvgIpc) is 2.93. The van der Waals surface area contributed by atoms with Gasteiger partial charge in [0.25, 0.3) is 0 Å². The van der Waals surface area contributed by atoms with Gasteiger partial charge in [-0.2, -0.15) is 0 Å². The molecule has 4 nitrogen and oxygen atoms in total. The Kier molecular flexibility index (Phi) is 6.83. The second-order valence-electron chi connectivity index (χ2n) is 9.93. The molecular formula is C23H38O4. The lowest BCUT2D eigenvalue weighted by Gasteiger charge is -2.35. The van der Waals surface area contributed by atoms with E-state index in [-0.39, 0.29) is 0 Å². The number of ether oxygens (including phenoxy) is 1. The number of allylic oxidation sites excluding steroid dienone is 3. The van der Waals surface area contributed by atoms with Crippen LogP contribution in [0, 0.1) is 5.41 Å². The van der Waals surface area contributed by atoms with Crippen LogP contribution in [-0.4, -0.2) is 45.8 Å². The summed E-state index contributed by atoms with van der Waals surface area (Å²) in [4.78, 5) is 0. The molecule has 0 unspecified atom stereocenters. The molecule has 1 spiro atoms. The Hall–Kier alpha value is -0.680. The number of hydrogen-bond donors (Lipinski definition) is 3. The van der Waals surface area contributed by atoms with Gasteiger partial charge in [-0.15, -0.1) is 0 Å². The maximum absolute atomic E-state index is 9.85. The van der Waals surface area contributed by atoms with Gasteiger partial charge in [-0.05, 0) is 89.9 Å². The SMILES string of the molecule is CC(C)(O)CCO[C@H]1CC[C@]2(CCC/C(=C\C=C3C[C@@H](O)C[C@H](O)C3)C2)C1. The van der Waals surface area contributed by atoms with Crippen LogP contribution in [0.4, 0.5) is 0 Å². The molecule has 0 aromatic carbocycles. The molecule has 0 aliphatic heterocycles. The fourth-order valence-corrected chi connectivity index (χ4v) is 5.19. The molecular weight excluding hydrogens is 340 g/mol. The first kappa shape index (κ1) is 21.0. The van der Waals surface area contributed by atoms with E-state index in [1.54, 1.807) is 0 Å². The molecule has 3 saturated carbocycles. The molecule has 154 valence electrons. The molecule has 0 saturated heterocycles. The third-order valence-electron chi connectivity index (χ3n) is 6.63. The summed E-state index contributed by atoms with van der Waals surface area (Å²) in [6.45, 7) is 4.32. The number of rotatable bonds is 5. The zero-order chi connectivity index (χ0) is 19.5. The normalized spacial score (nSPS) is 36.6. The Morgan fingerprint density at radius 1 is 1.11 bits per heavy atom. The second-order valence-corrected chi connectivity index (χ2v) is 9.93. The topological polar surface area (TPSA) is 69.9 Å². The van der Waals surface area contributed by atoms with Gasteiger partial charge in [-0.1, -0.05) is 23.3 Å². The Labute approximate surface area is 164 Å². The van der Waals surface area contributed by atoms with Gasteiger partial charge in [0.2, 0.25) is 0 Å². The van der Waals surface area contributed by atoms with Crippen LogP contribution in [0.2, 0.25) is 0 Å². The lowest BCUT2D eigenvalue weighted by Crippen LogP contribution is -2.25. The van der Waals surface area contributed by atoms with Gasteiger partial charge in [0.1, 0.15) is 0 Å². The van der Waals surface area contributed by atoms with Crippen LogP contribution in [0.3, 0.4) is 0 Å². The second kappa shape index (κ2) is 8.77. The fourth-order valence-electron chi connectivity index (χ4n) is 5.19. The fraction of sp³-hybridized carbons (Fsp3) is 0.826. The van der Waals surface area contributed by atoms with Crippen molar-refractivity contribution >= 4 is 0 Å². The summed E-state index contributed by atoms with van der Waals surface area (Å²) in [7, 11) is 0. The summed E-state index contributed by atoms with van der Waals surface area (Å²) in [6, 6.07) is 0. The summed E-state index contributed by atoms with van der Waals surface area (Å²) in [5.41, 5.74) is 2.44. The highest BCUT2D eigenvalue weighted by atomic mass is 16.5. The molecule has 3 fully saturated rings. The maximum Gasteiger partial charge on any atom is 0.0613 e. The monoisotopic (exact) mass is 378 g/mol. The van der Waals surface area contributed by atoms with Crippen molar-refractivity contribution in [1.29, 1.82) is 0 Å². The number of aliphatic hydroxyl groups is 3. The van der Waals surface area contributed by atoms with Gasteiger partial charge in [0, 0.05) is 6.61 Å². The number of aliphatic hydroxyl groups excluding tert-OH is 2. The molecule has 0 heterocycles. The molecule has 0 amide bonds. The number of hydrogen-bond acceptors (Lipinski definition) is 4. The molecule has 3 rings (SSSR count). The molecule has 27 heavy (non-hydrogen) atoms. The predicted octanol–water partition coefficient (Wildman–Crippen LogP) is 4.04. The van der Waals surface area contributed by atoms with Crippen molar-refractivity contribution in [3.63, 3.8) is 0 Å². The van der Waals surface area contributed by atoms with E-state index in [1.807, 2.05) is 13.8 Å². The summed E-state index contributed by atoms with van der Waals surface area (Å²) in [5.74, 6) is 0. The Morgan fingerprint density at radius 2 is 1.81 bits per heavy atom. The van der Waals surface area contributed by atoms with Crippen molar-refractivity contribution in [1.82, 2.24) is 0 Å². The van der Waals surface area contributed by atoms with Crippen molar-refractivity contribution in [3.05, 3.63) is 23.3 Å². The van der Waals surface area contributed by atoms with Crippen molar-refractivity contribution in [2.24, 2.45) is 5.41 Å². The van der Waals surface area contributed by atoms with Gasteiger partial charge in [0.15, 0.2) is 0 Å². The van der Waals surface area contributed by atoms with Crippen molar-refractivity contribution in [3.8, 4) is 0 Å². The summed E-state index contributed by atoms with van der Waals surface area (Å²) >= 11 is 0. The van der Waals surface area contributed by atoms with Gasteiger partial charge in [-0.3, -0.25) is 0 Å². The molecule has 0 radical (unpaired) electrons. The molecule has 0 aromatic rings. The Morgan fingerprint density at radius 3 is 2.52 bits per heavy atom. The van der Waals surface area contributed by atoms with Gasteiger partial charge in [0.05, 0.1) is 23.9 Å². The van der Waals surface area contributed by atoms with Crippen LogP contribution < -0.4 is 0 Å². The molecule has 4 atom stereocenters. The molecule has 0 aromatic heterocycles. The standard InChI is InChI=1S/C23H38O4/c1-22(2,26)10-11-27-21-7-9-23(16-21)8-3-4-17(15-23)5-6-18-12-19(24)14-20(25)13-18/h5-6,19-21,24-26H,3-4,7-16H2,1-2H3/b17-5+/t19-,20-,21+,23+/m1/s1. The summed E-state index contributed by atoms with van der Waals surface area (Å²) < 4.78 is 6.07. The van der Waals surface area contributed by atoms with Gasteiger partial charge < -0.3 is 20.1 Å². The Bertz CT molecular complexity index is 547. The average molecular weight is 379 g/mol. The van der Waals surface area contributed by atoms with Crippen LogP contribution in [0.15, 0.2) is 23.3 Å². The minimum Gasteiger partial charge on any atom is -0.393 e. The summed E-state index contributed by atoms with van der Waals surface area (Å²) in [5, 5.41) is 29.6. The van der Waals surface area contributed by atoms with Crippen LogP contribution in [0.25, 0.3) is 0 Å². The van der Waals surface area contributed by atoms with Crippen molar-refractivity contribution in [2.45, 2.75) is 108 Å². The minimum atomic E-state index is -0.648. The van der Waals surface area contributed by atoms with Gasteiger partial charge >= 0.3 is 0 Å². The van der Waals surface area contributed by atoms with Gasteiger partial charge in [-0.25, -0.2) is 0 Å². The molecule has 3 aliphatic rings. The lowest BCUT2D eigenvalue weighted by atomic mass is 9.70. The highest BCUT2D eigenvalue weighted by Gasteiger charge is 2.41. The highest BCUT2D eigenvalue weighted by Crippen LogP contribution is 2.51. The third-order valence-corrected chi connectivity index (χ3v) is 6.63. The van der Waals surface area contributed by atoms with Crippen LogP contribution in [0.1, 0.15) is 84.5 Å². The first-order valence-corrected chi connectivity index (χ1v) is 10.8. The first-order valence-electron chi connectivity index (χ1n) is 10.8. The van der Waals surface area contributed by atoms with E-state index in [4.69, 9.17) is 4.74 Å². The third kappa shape index (κ3) is 6.42. The maximum atomic E-state index is 9.85. The zero-order valence-corrected chi connectivity index (χ0v) is 17.1. The first-order chi connectivity index (χ1) is 12.7. The minimum absolute atomic E-state index is 0.341. The predicted molar refractivity (Wildman–Crippen MR) is 107 cm³/mol. The molecule has 4 heteroatoms. The van der Waals surface area contributed by atoms with E-state index < -0.39 is 17.8 Å². The van der Waals surface area contributed by atoms with Crippen LogP contribution >= 0.6 is 0 Å². The summed E-state index contributed by atoms with van der Waals surface area (Å²) in [6.07, 6.45) is 15.0. The van der Waals surface area contributed by atoms with Crippen LogP contribution in [0.5, 0.6) is 0 Å². The quantitative estimate of drug-likeness (QED) is 0.675. The zero-order valence-electron chi connectivity index (χ0n) is 17.1. The van der Waals surface area contributed by atoms with Crippen LogP contribution in [-0.2, 0) is 4.74 Å². The lowest BCUT2D eigenvalue weighted by molar-refractivity contribution is -0.00379. The largest absolute Gasteiger partial charge is 0.393 e. The highest BCUT2D eigenvalue weighted by molar-refractivity contribution is 5.22. The molecule has 0 bridgehead atoms. The van der Waals surface area contributed by atoms with E-state index in [0.717, 1.165) is 19.3 Å². The van der Waals surface area contributed by atoms with E-state index in [0.29, 0.717) is 43.8 Å². The Balaban J connectivity index is 1.53. The van der Waals surface area contributed by atoms with E-state index >= 15 is 0 Å². The van der Waals surface area contributed by atoms with E-state index in [9.17, 15) is 15.3 Å². The van der Waals surface area contributed by atoms with Crippen molar-refractivity contribution in [2.75, 3.05) is 6.61 Å². The smallest absolute Gasteiger partial charge is 0.0613 e. The van der Waals surface area contributed by atoms with E-state index in [1.165, 1.54) is 36.8 Å². The molecule has 3 aliphatic carbocycles.